The van der Waals surface area contributed by atoms with Crippen molar-refractivity contribution in [2.45, 2.75) is 38.8 Å². The Morgan fingerprint density at radius 3 is 2.55 bits per heavy atom. The first-order chi connectivity index (χ1) is 19.3. The number of carbonyl (C=O) groups is 2. The zero-order valence-corrected chi connectivity index (χ0v) is 24.1. The molecular weight excluding hydrogens is 549 g/mol. The highest BCUT2D eigenvalue weighted by Crippen LogP contribution is 2.27. The highest BCUT2D eigenvalue weighted by atomic mass is 35.5. The van der Waals surface area contributed by atoms with Crippen LogP contribution in [-0.2, 0) is 22.6 Å². The second-order valence-electron chi connectivity index (χ2n) is 9.57. The van der Waals surface area contributed by atoms with E-state index in [4.69, 9.17) is 32.7 Å². The summed E-state index contributed by atoms with van der Waals surface area (Å²) in [4.78, 5) is 30.8. The third-order valence-corrected chi connectivity index (χ3v) is 7.18. The van der Waals surface area contributed by atoms with Crippen LogP contribution in [0.3, 0.4) is 0 Å². The van der Waals surface area contributed by atoms with E-state index < -0.39 is 0 Å². The van der Waals surface area contributed by atoms with Crippen LogP contribution in [-0.4, -0.2) is 48.0 Å². The number of H-pyrrole nitrogens is 1. The molecule has 3 aromatic carbocycles. The number of halogens is 2. The lowest BCUT2D eigenvalue weighted by molar-refractivity contribution is -0.130. The van der Waals surface area contributed by atoms with Crippen LogP contribution < -0.4 is 14.8 Å². The van der Waals surface area contributed by atoms with E-state index in [-0.39, 0.29) is 24.3 Å². The monoisotopic (exact) mass is 581 g/mol. The second kappa shape index (κ2) is 14.1. The highest BCUT2D eigenvalue weighted by molar-refractivity contribution is 6.35. The molecule has 9 heteroatoms. The van der Waals surface area contributed by atoms with Gasteiger partial charge < -0.3 is 24.7 Å². The number of hydrogen-bond donors (Lipinski definition) is 2. The van der Waals surface area contributed by atoms with E-state index in [9.17, 15) is 9.59 Å². The largest absolute Gasteiger partial charge is 0.496 e. The molecule has 4 rings (SSSR count). The number of carbonyl (C=O) groups excluding carboxylic acids is 2. The summed E-state index contributed by atoms with van der Waals surface area (Å²) in [5.41, 5.74) is 3.00. The Labute approximate surface area is 244 Å². The average molecular weight is 583 g/mol. The molecule has 0 saturated heterocycles. The first kappa shape index (κ1) is 29.3. The smallest absolute Gasteiger partial charge is 0.220 e. The summed E-state index contributed by atoms with van der Waals surface area (Å²) in [5, 5.41) is 5.21. The standard InChI is InChI=1S/C31H33Cl2N3O4/c1-21(37)36(19-22-8-3-6-11-29(22)39-2)20-25(16-23-18-34-28-10-5-4-9-26(23)28)35-31(38)12-7-15-40-30-14-13-24(32)17-27(30)33/h3-6,8-11,13-14,17-18,25,34H,7,12,15-16,19-20H2,1-2H3,(H,35,38). The predicted molar refractivity (Wildman–Crippen MR) is 159 cm³/mol. The Kier molecular flexibility index (Phi) is 10.3. The Balaban J connectivity index is 1.44. The van der Waals surface area contributed by atoms with Gasteiger partial charge >= 0.3 is 0 Å². The number of fused-ring (bicyclic) bond motifs is 1. The minimum Gasteiger partial charge on any atom is -0.496 e. The predicted octanol–water partition coefficient (Wildman–Crippen LogP) is 6.42. The number of benzene rings is 3. The normalized spacial score (nSPS) is 11.7. The van der Waals surface area contributed by atoms with Crippen molar-refractivity contribution in [1.82, 2.24) is 15.2 Å². The van der Waals surface area contributed by atoms with Crippen LogP contribution in [0.5, 0.6) is 11.5 Å². The van der Waals surface area contributed by atoms with Crippen LogP contribution in [0.25, 0.3) is 10.9 Å². The quantitative estimate of drug-likeness (QED) is 0.178. The third kappa shape index (κ3) is 7.93. The van der Waals surface area contributed by atoms with Crippen LogP contribution in [0.1, 0.15) is 30.9 Å². The second-order valence-corrected chi connectivity index (χ2v) is 10.4. The number of aromatic nitrogens is 1. The fourth-order valence-corrected chi connectivity index (χ4v) is 5.11. The summed E-state index contributed by atoms with van der Waals surface area (Å²) in [5.74, 6) is 1.04. The van der Waals surface area contributed by atoms with Gasteiger partial charge in [0.05, 0.1) is 24.8 Å². The maximum absolute atomic E-state index is 13.0. The molecule has 7 nitrogen and oxygen atoms in total. The number of amides is 2. The molecule has 0 fully saturated rings. The lowest BCUT2D eigenvalue weighted by Crippen LogP contribution is -2.46. The summed E-state index contributed by atoms with van der Waals surface area (Å²) in [6.07, 6.45) is 3.29. The van der Waals surface area contributed by atoms with Crippen molar-refractivity contribution in [3.63, 3.8) is 0 Å². The molecule has 4 aromatic rings. The molecule has 0 aliphatic carbocycles. The number of hydrogen-bond acceptors (Lipinski definition) is 4. The lowest BCUT2D eigenvalue weighted by Gasteiger charge is -2.28. The van der Waals surface area contributed by atoms with E-state index in [1.165, 1.54) is 0 Å². The van der Waals surface area contributed by atoms with E-state index in [1.807, 2.05) is 48.7 Å². The fraction of sp³-hybridized carbons (Fsp3) is 0.290. The number of nitrogens with one attached hydrogen (secondary N) is 2. The first-order valence-electron chi connectivity index (χ1n) is 13.1. The van der Waals surface area contributed by atoms with E-state index in [0.717, 1.165) is 22.0 Å². The fourth-order valence-electron chi connectivity index (χ4n) is 4.64. The van der Waals surface area contributed by atoms with Crippen molar-refractivity contribution in [3.8, 4) is 11.5 Å². The maximum Gasteiger partial charge on any atom is 0.220 e. The minimum absolute atomic E-state index is 0.0858. The van der Waals surface area contributed by atoms with Crippen molar-refractivity contribution in [2.24, 2.45) is 0 Å². The summed E-state index contributed by atoms with van der Waals surface area (Å²) >= 11 is 12.1. The van der Waals surface area contributed by atoms with Crippen LogP contribution in [0.4, 0.5) is 0 Å². The molecule has 40 heavy (non-hydrogen) atoms. The number of para-hydroxylation sites is 2. The summed E-state index contributed by atoms with van der Waals surface area (Å²) in [6, 6.07) is 20.4. The van der Waals surface area contributed by atoms with E-state index in [1.54, 1.807) is 37.1 Å². The summed E-state index contributed by atoms with van der Waals surface area (Å²) < 4.78 is 11.2. The van der Waals surface area contributed by atoms with E-state index in [0.29, 0.717) is 54.1 Å². The van der Waals surface area contributed by atoms with Crippen molar-refractivity contribution in [3.05, 3.63) is 94.1 Å². The van der Waals surface area contributed by atoms with Gasteiger partial charge in [-0.2, -0.15) is 0 Å². The van der Waals surface area contributed by atoms with Gasteiger partial charge in [0.2, 0.25) is 11.8 Å². The number of rotatable bonds is 13. The molecule has 0 radical (unpaired) electrons. The number of nitrogens with zero attached hydrogens (tertiary/aromatic N) is 1. The zero-order valence-electron chi connectivity index (χ0n) is 22.6. The van der Waals surface area contributed by atoms with Crippen molar-refractivity contribution < 1.29 is 19.1 Å². The van der Waals surface area contributed by atoms with Gasteiger partial charge in [-0.1, -0.05) is 59.6 Å². The molecule has 0 saturated carbocycles. The first-order valence-corrected chi connectivity index (χ1v) is 13.9. The molecule has 0 spiro atoms. The molecule has 1 atom stereocenters. The molecule has 1 heterocycles. The van der Waals surface area contributed by atoms with Crippen molar-refractivity contribution >= 4 is 45.9 Å². The molecule has 1 unspecified atom stereocenters. The maximum atomic E-state index is 13.0. The van der Waals surface area contributed by atoms with Crippen LogP contribution in [0.15, 0.2) is 72.9 Å². The Bertz CT molecular complexity index is 1460. The van der Waals surface area contributed by atoms with E-state index in [2.05, 4.69) is 16.4 Å². The molecule has 0 bridgehead atoms. The number of methoxy groups -OCH3 is 1. The third-order valence-electron chi connectivity index (χ3n) is 6.65. The van der Waals surface area contributed by atoms with Crippen LogP contribution >= 0.6 is 23.2 Å². The summed E-state index contributed by atoms with van der Waals surface area (Å²) in [7, 11) is 1.61. The Morgan fingerprint density at radius 1 is 1.00 bits per heavy atom. The lowest BCUT2D eigenvalue weighted by atomic mass is 10.0. The van der Waals surface area contributed by atoms with Gasteiger partial charge in [0.25, 0.3) is 0 Å². The molecular formula is C31H33Cl2N3O4. The summed E-state index contributed by atoms with van der Waals surface area (Å²) in [6.45, 7) is 2.58. The van der Waals surface area contributed by atoms with Gasteiger partial charge in [-0.05, 0) is 48.7 Å². The van der Waals surface area contributed by atoms with E-state index >= 15 is 0 Å². The molecule has 0 aliphatic heterocycles. The van der Waals surface area contributed by atoms with Gasteiger partial charge in [0.15, 0.2) is 0 Å². The van der Waals surface area contributed by atoms with Gasteiger partial charge in [-0.15, -0.1) is 0 Å². The van der Waals surface area contributed by atoms with Crippen molar-refractivity contribution in [2.75, 3.05) is 20.3 Å². The molecule has 2 N–H and O–H groups in total. The Morgan fingerprint density at radius 2 is 1.77 bits per heavy atom. The van der Waals surface area contributed by atoms with Crippen LogP contribution in [0.2, 0.25) is 10.0 Å². The van der Waals surface area contributed by atoms with Crippen LogP contribution in [0, 0.1) is 0 Å². The SMILES string of the molecule is COc1ccccc1CN(CC(Cc1c[nH]c2ccccc12)NC(=O)CCCOc1ccc(Cl)cc1Cl)C(C)=O. The minimum atomic E-state index is -0.308. The van der Waals surface area contributed by atoms with Gasteiger partial charge in [-0.25, -0.2) is 0 Å². The van der Waals surface area contributed by atoms with Gasteiger partial charge in [0.1, 0.15) is 11.5 Å². The average Bonchev–Trinajstić information content (AvgIpc) is 3.34. The topological polar surface area (TPSA) is 83.7 Å². The number of aromatic amines is 1. The molecule has 210 valence electrons. The highest BCUT2D eigenvalue weighted by Gasteiger charge is 2.21. The zero-order chi connectivity index (χ0) is 28.5. The van der Waals surface area contributed by atoms with Gasteiger partial charge in [-0.3, -0.25) is 9.59 Å². The van der Waals surface area contributed by atoms with Gasteiger partial charge in [0, 0.05) is 54.1 Å². The molecule has 0 aliphatic rings. The van der Waals surface area contributed by atoms with Crippen molar-refractivity contribution in [1.29, 1.82) is 0 Å². The Hall–Kier alpha value is -3.68. The molecule has 1 aromatic heterocycles. The number of ether oxygens (including phenoxy) is 2. The molecule has 2 amide bonds.